The number of carbonyl (C=O) groups is 1. The second kappa shape index (κ2) is 6.23. The van der Waals surface area contributed by atoms with Crippen molar-refractivity contribution in [1.29, 1.82) is 0 Å². The monoisotopic (exact) mass is 268 g/mol. The maximum absolute atomic E-state index is 11.7. The molecule has 2 atom stereocenters. The smallest absolute Gasteiger partial charge is 0.323 e. The number of hydrogen-bond acceptors (Lipinski definition) is 3. The van der Waals surface area contributed by atoms with E-state index in [0.29, 0.717) is 6.04 Å². The van der Waals surface area contributed by atoms with E-state index >= 15 is 0 Å². The van der Waals surface area contributed by atoms with Gasteiger partial charge in [0.25, 0.3) is 0 Å². The fourth-order valence-electron chi connectivity index (χ4n) is 3.63. The summed E-state index contributed by atoms with van der Waals surface area (Å²) in [4.78, 5) is 14.3. The van der Waals surface area contributed by atoms with Gasteiger partial charge in [0.2, 0.25) is 0 Å². The lowest BCUT2D eigenvalue weighted by Crippen LogP contribution is -2.58. The van der Waals surface area contributed by atoms with Crippen LogP contribution in [0.15, 0.2) is 0 Å². The first-order valence-electron chi connectivity index (χ1n) is 7.87. The van der Waals surface area contributed by atoms with Crippen molar-refractivity contribution in [3.05, 3.63) is 0 Å². The van der Waals surface area contributed by atoms with E-state index in [2.05, 4.69) is 17.1 Å². The molecule has 0 spiro atoms. The highest BCUT2D eigenvalue weighted by molar-refractivity contribution is 5.79. The molecule has 0 aromatic heterocycles. The molecule has 2 rings (SSSR count). The van der Waals surface area contributed by atoms with Crippen molar-refractivity contribution in [2.45, 2.75) is 76.4 Å². The number of nitrogens with zero attached hydrogens (tertiary/aromatic N) is 1. The van der Waals surface area contributed by atoms with E-state index in [9.17, 15) is 9.90 Å². The lowest BCUT2D eigenvalue weighted by Gasteiger charge is -2.43. The molecule has 2 saturated carbocycles. The van der Waals surface area contributed by atoms with Crippen LogP contribution < -0.4 is 5.32 Å². The molecule has 2 unspecified atom stereocenters. The van der Waals surface area contributed by atoms with Gasteiger partial charge >= 0.3 is 5.97 Å². The minimum atomic E-state index is -0.682. The molecule has 0 aromatic carbocycles. The van der Waals surface area contributed by atoms with E-state index in [4.69, 9.17) is 0 Å². The molecule has 19 heavy (non-hydrogen) atoms. The van der Waals surface area contributed by atoms with Gasteiger partial charge in [0.05, 0.1) is 0 Å². The highest BCUT2D eigenvalue weighted by atomic mass is 16.4. The second-order valence-corrected chi connectivity index (χ2v) is 6.14. The first-order valence-corrected chi connectivity index (χ1v) is 7.87. The Bertz CT molecular complexity index is 313. The van der Waals surface area contributed by atoms with Gasteiger partial charge in [-0.05, 0) is 58.0 Å². The molecule has 0 radical (unpaired) electrons. The molecule has 110 valence electrons. The lowest BCUT2D eigenvalue weighted by molar-refractivity contribution is -0.147. The van der Waals surface area contributed by atoms with Crippen LogP contribution in [0.5, 0.6) is 0 Å². The maximum atomic E-state index is 11.7. The quantitative estimate of drug-likeness (QED) is 0.743. The molecule has 2 aliphatic rings. The molecule has 0 heterocycles. The number of nitrogens with one attached hydrogen (secondary N) is 1. The average molecular weight is 268 g/mol. The van der Waals surface area contributed by atoms with E-state index in [-0.39, 0.29) is 0 Å². The van der Waals surface area contributed by atoms with Crippen molar-refractivity contribution in [3.63, 3.8) is 0 Å². The van der Waals surface area contributed by atoms with Crippen LogP contribution in [-0.2, 0) is 4.79 Å². The highest BCUT2D eigenvalue weighted by Crippen LogP contribution is 2.37. The Kier molecular flexibility index (Phi) is 4.85. The molecule has 2 N–H and O–H groups in total. The third-order valence-corrected chi connectivity index (χ3v) is 4.62. The molecule has 4 heteroatoms. The standard InChI is InChI=1S/C15H28N2O2/c1-3-10-17(12-7-8-12)13-6-5-9-15(11-13,14(18)19)16-4-2/h12-13,16H,3-11H2,1-2H3,(H,18,19). The fraction of sp³-hybridized carbons (Fsp3) is 0.933. The van der Waals surface area contributed by atoms with Gasteiger partial charge in [-0.2, -0.15) is 0 Å². The minimum absolute atomic E-state index is 0.455. The zero-order valence-electron chi connectivity index (χ0n) is 12.3. The van der Waals surface area contributed by atoms with Crippen LogP contribution in [0.25, 0.3) is 0 Å². The highest BCUT2D eigenvalue weighted by Gasteiger charge is 2.45. The molecule has 0 saturated heterocycles. The molecule has 0 aliphatic heterocycles. The first kappa shape index (κ1) is 14.8. The van der Waals surface area contributed by atoms with Crippen molar-refractivity contribution >= 4 is 5.97 Å². The normalized spacial score (nSPS) is 31.6. The van der Waals surface area contributed by atoms with Gasteiger partial charge in [0, 0.05) is 12.1 Å². The summed E-state index contributed by atoms with van der Waals surface area (Å²) in [6.45, 7) is 6.07. The Morgan fingerprint density at radius 2 is 2.05 bits per heavy atom. The van der Waals surface area contributed by atoms with Crippen molar-refractivity contribution in [3.8, 4) is 0 Å². The Morgan fingerprint density at radius 3 is 2.58 bits per heavy atom. The number of rotatable bonds is 7. The van der Waals surface area contributed by atoms with E-state index in [1.807, 2.05) is 6.92 Å². The van der Waals surface area contributed by atoms with Gasteiger partial charge in [-0.1, -0.05) is 13.8 Å². The van der Waals surface area contributed by atoms with E-state index in [0.717, 1.165) is 51.2 Å². The molecule has 0 bridgehead atoms. The Hall–Kier alpha value is -0.610. The molecule has 0 aromatic rings. The minimum Gasteiger partial charge on any atom is -0.480 e. The summed E-state index contributed by atoms with van der Waals surface area (Å²) < 4.78 is 0. The van der Waals surface area contributed by atoms with Gasteiger partial charge in [0.15, 0.2) is 0 Å². The van der Waals surface area contributed by atoms with Gasteiger partial charge < -0.3 is 10.4 Å². The van der Waals surface area contributed by atoms with Crippen LogP contribution in [0.3, 0.4) is 0 Å². The van der Waals surface area contributed by atoms with Crippen LogP contribution >= 0.6 is 0 Å². The topological polar surface area (TPSA) is 52.6 Å². The van der Waals surface area contributed by atoms with Gasteiger partial charge in [-0.3, -0.25) is 9.69 Å². The predicted octanol–water partition coefficient (Wildman–Crippen LogP) is 2.24. The summed E-state index contributed by atoms with van der Waals surface area (Å²) in [7, 11) is 0. The Balaban J connectivity index is 2.07. The van der Waals surface area contributed by atoms with E-state index in [1.54, 1.807) is 0 Å². The summed E-state index contributed by atoms with van der Waals surface area (Å²) in [6, 6.07) is 1.19. The van der Waals surface area contributed by atoms with Crippen LogP contribution in [0.2, 0.25) is 0 Å². The van der Waals surface area contributed by atoms with E-state index in [1.165, 1.54) is 12.8 Å². The number of aliphatic carboxylic acids is 1. The SMILES string of the molecule is CCCN(C1CC1)C1CCCC(NCC)(C(=O)O)C1. The summed E-state index contributed by atoms with van der Waals surface area (Å²) in [5, 5.41) is 12.9. The molecular formula is C15H28N2O2. The number of likely N-dealkylation sites (N-methyl/N-ethyl adjacent to an activating group) is 1. The van der Waals surface area contributed by atoms with Gasteiger partial charge in [0.1, 0.15) is 5.54 Å². The Labute approximate surface area is 116 Å². The second-order valence-electron chi connectivity index (χ2n) is 6.14. The molecule has 4 nitrogen and oxygen atoms in total. The third kappa shape index (κ3) is 3.29. The van der Waals surface area contributed by atoms with Crippen molar-refractivity contribution in [1.82, 2.24) is 10.2 Å². The molecule has 2 fully saturated rings. The number of carboxylic acids is 1. The van der Waals surface area contributed by atoms with Gasteiger partial charge in [-0.25, -0.2) is 0 Å². The lowest BCUT2D eigenvalue weighted by atomic mass is 9.78. The fourth-order valence-corrected chi connectivity index (χ4v) is 3.63. The molecule has 0 amide bonds. The van der Waals surface area contributed by atoms with Crippen LogP contribution in [0.1, 0.15) is 58.8 Å². The zero-order chi connectivity index (χ0) is 13.9. The van der Waals surface area contributed by atoms with Crippen molar-refractivity contribution < 1.29 is 9.90 Å². The molecule has 2 aliphatic carbocycles. The van der Waals surface area contributed by atoms with E-state index < -0.39 is 11.5 Å². The van der Waals surface area contributed by atoms with Crippen LogP contribution in [0.4, 0.5) is 0 Å². The average Bonchev–Trinajstić information content (AvgIpc) is 3.20. The number of hydrogen-bond donors (Lipinski definition) is 2. The van der Waals surface area contributed by atoms with Crippen molar-refractivity contribution in [2.24, 2.45) is 0 Å². The van der Waals surface area contributed by atoms with Gasteiger partial charge in [-0.15, -0.1) is 0 Å². The summed E-state index contributed by atoms with van der Waals surface area (Å²) >= 11 is 0. The van der Waals surface area contributed by atoms with Crippen LogP contribution in [-0.4, -0.2) is 46.7 Å². The summed E-state index contributed by atoms with van der Waals surface area (Å²) in [6.07, 6.45) is 7.50. The number of carboxylic acid groups (broad SMARTS) is 1. The molecular weight excluding hydrogens is 240 g/mol. The third-order valence-electron chi connectivity index (χ3n) is 4.62. The zero-order valence-corrected chi connectivity index (χ0v) is 12.3. The Morgan fingerprint density at radius 1 is 1.32 bits per heavy atom. The van der Waals surface area contributed by atoms with Crippen molar-refractivity contribution in [2.75, 3.05) is 13.1 Å². The summed E-state index contributed by atoms with van der Waals surface area (Å²) in [5.41, 5.74) is -0.682. The largest absolute Gasteiger partial charge is 0.480 e. The maximum Gasteiger partial charge on any atom is 0.323 e. The predicted molar refractivity (Wildman–Crippen MR) is 76.3 cm³/mol. The van der Waals surface area contributed by atoms with Crippen LogP contribution in [0, 0.1) is 0 Å². The summed E-state index contributed by atoms with van der Waals surface area (Å²) in [5.74, 6) is -0.661. The first-order chi connectivity index (χ1) is 9.13.